The predicted molar refractivity (Wildman–Crippen MR) is 154 cm³/mol. The van der Waals surface area contributed by atoms with Crippen molar-refractivity contribution in [3.8, 4) is 0 Å². The summed E-state index contributed by atoms with van der Waals surface area (Å²) in [6, 6.07) is 12.8. The highest BCUT2D eigenvalue weighted by Crippen LogP contribution is 2.33. The van der Waals surface area contributed by atoms with E-state index in [9.17, 15) is 14.1 Å². The van der Waals surface area contributed by atoms with Crippen LogP contribution in [-0.2, 0) is 47.3 Å². The van der Waals surface area contributed by atoms with Crippen LogP contribution in [0.5, 0.6) is 0 Å². The maximum absolute atomic E-state index is 13.6. The van der Waals surface area contributed by atoms with Gasteiger partial charge >= 0.3 is 5.97 Å². The third-order valence-corrected chi connectivity index (χ3v) is 8.63. The van der Waals surface area contributed by atoms with E-state index in [1.54, 1.807) is 31.4 Å². The van der Waals surface area contributed by atoms with Crippen LogP contribution in [0.1, 0.15) is 46.4 Å². The van der Waals surface area contributed by atoms with Crippen molar-refractivity contribution in [3.63, 3.8) is 0 Å². The third-order valence-electron chi connectivity index (χ3n) is 7.08. The van der Waals surface area contributed by atoms with Gasteiger partial charge < -0.3 is 28.6 Å². The number of nitrogens with one attached hydrogen (secondary N) is 1. The summed E-state index contributed by atoms with van der Waals surface area (Å²) in [5.74, 6) is 0.402. The maximum atomic E-state index is 13.6. The summed E-state index contributed by atoms with van der Waals surface area (Å²) >= 11 is -1.49. The number of hydrogen-bond acceptors (Lipinski definition) is 8. The van der Waals surface area contributed by atoms with Gasteiger partial charge in [-0.3, -0.25) is 9.59 Å². The zero-order chi connectivity index (χ0) is 28.9. The molecule has 1 atom stereocenters. The second kappa shape index (κ2) is 13.0. The molecular formula is C29H38N4O6S. The highest BCUT2D eigenvalue weighted by Gasteiger charge is 2.30. The first-order valence-electron chi connectivity index (χ1n) is 13.5. The first kappa shape index (κ1) is 29.9. The van der Waals surface area contributed by atoms with Crippen LogP contribution in [0.2, 0.25) is 0 Å². The topological polar surface area (TPSA) is 118 Å². The van der Waals surface area contributed by atoms with Crippen molar-refractivity contribution in [2.75, 3.05) is 43.1 Å². The Bertz CT molecular complexity index is 1320. The summed E-state index contributed by atoms with van der Waals surface area (Å²) in [7, 11) is 1.70. The van der Waals surface area contributed by atoms with Crippen LogP contribution in [0.4, 0.5) is 11.4 Å². The van der Waals surface area contributed by atoms with Gasteiger partial charge in [-0.2, -0.15) is 4.31 Å². The fraction of sp³-hybridized carbons (Fsp3) is 0.483. The van der Waals surface area contributed by atoms with Crippen LogP contribution in [0.3, 0.4) is 0 Å². The molecule has 0 spiro atoms. The van der Waals surface area contributed by atoms with Crippen molar-refractivity contribution in [1.82, 2.24) is 9.55 Å². The Morgan fingerprint density at radius 3 is 2.52 bits per heavy atom. The number of amides is 1. The lowest BCUT2D eigenvalue weighted by molar-refractivity contribution is -0.144. The minimum absolute atomic E-state index is 0.358. The number of nitrogens with zero attached hydrogens (tertiary/aromatic N) is 3. The molecule has 3 aromatic rings. The van der Waals surface area contributed by atoms with Crippen LogP contribution in [0, 0.1) is 5.92 Å². The molecule has 1 unspecified atom stereocenters. The monoisotopic (exact) mass is 570 g/mol. The van der Waals surface area contributed by atoms with Crippen molar-refractivity contribution in [2.45, 2.75) is 57.6 Å². The molecule has 40 heavy (non-hydrogen) atoms. The largest absolute Gasteiger partial charge is 0.588 e. The zero-order valence-corrected chi connectivity index (χ0v) is 24.6. The molecule has 2 heterocycles. The molecule has 1 N–H and O–H groups in total. The molecule has 0 radical (unpaired) electrons. The normalized spacial score (nSPS) is 15.2. The van der Waals surface area contributed by atoms with E-state index in [2.05, 4.69) is 9.88 Å². The van der Waals surface area contributed by atoms with Crippen molar-refractivity contribution in [3.05, 3.63) is 48.3 Å². The van der Waals surface area contributed by atoms with Gasteiger partial charge in [0.15, 0.2) is 11.5 Å². The minimum atomic E-state index is -1.49. The number of fused-ring (bicyclic) bond motifs is 1. The maximum Gasteiger partial charge on any atom is 0.303 e. The summed E-state index contributed by atoms with van der Waals surface area (Å²) in [5, 5.41) is 2.66. The molecule has 1 aliphatic heterocycles. The molecule has 2 aromatic carbocycles. The summed E-state index contributed by atoms with van der Waals surface area (Å²) in [5.41, 5.74) is 2.58. The average Bonchev–Trinajstić information content (AvgIpc) is 3.31. The van der Waals surface area contributed by atoms with E-state index in [0.717, 1.165) is 55.1 Å². The smallest absolute Gasteiger partial charge is 0.303 e. The van der Waals surface area contributed by atoms with Gasteiger partial charge in [-0.05, 0) is 82.0 Å². The Labute approximate surface area is 238 Å². The molecule has 1 aliphatic rings. The number of aromatic nitrogens is 2. The fourth-order valence-corrected chi connectivity index (χ4v) is 5.90. The first-order valence-corrected chi connectivity index (χ1v) is 14.6. The standard InChI is InChI=1S/C29H38N4O6S/c1-6-33(40(36)24-10-7-22(8-11-24)30-27(35)19-39-20(2)34)23-9-12-26-25(17-23)31-28(29(3,4)37-5)32(26)18-21-13-15-38-16-14-21/h7-12,17,21H,6,13-16,18-19H2,1-5H3,(H,30,35). The molecule has 216 valence electrons. The molecule has 0 bridgehead atoms. The number of rotatable bonds is 11. The molecule has 11 heteroatoms. The Balaban J connectivity index is 1.57. The summed E-state index contributed by atoms with van der Waals surface area (Å²) < 4.78 is 33.8. The van der Waals surface area contributed by atoms with Crippen molar-refractivity contribution < 1.29 is 28.4 Å². The van der Waals surface area contributed by atoms with E-state index in [0.29, 0.717) is 23.0 Å². The number of ether oxygens (including phenoxy) is 3. The Morgan fingerprint density at radius 1 is 1.20 bits per heavy atom. The van der Waals surface area contributed by atoms with Gasteiger partial charge in [0.2, 0.25) is 0 Å². The molecule has 0 saturated carbocycles. The highest BCUT2D eigenvalue weighted by atomic mass is 32.2. The molecule has 10 nitrogen and oxygen atoms in total. The van der Waals surface area contributed by atoms with Gasteiger partial charge in [0, 0.05) is 39.5 Å². The molecule has 1 fully saturated rings. The van der Waals surface area contributed by atoms with Gasteiger partial charge in [-0.25, -0.2) is 4.98 Å². The zero-order valence-electron chi connectivity index (χ0n) is 23.8. The van der Waals surface area contributed by atoms with Crippen LogP contribution >= 0.6 is 0 Å². The number of methoxy groups -OCH3 is 1. The summed E-state index contributed by atoms with van der Waals surface area (Å²) in [6.45, 7) is 9.79. The molecule has 1 amide bonds. The summed E-state index contributed by atoms with van der Waals surface area (Å²) in [6.07, 6.45) is 2.03. The lowest BCUT2D eigenvalue weighted by Crippen LogP contribution is -2.30. The molecular weight excluding hydrogens is 532 g/mol. The summed E-state index contributed by atoms with van der Waals surface area (Å²) in [4.78, 5) is 28.4. The minimum Gasteiger partial charge on any atom is -0.588 e. The quantitative estimate of drug-likeness (QED) is 0.266. The van der Waals surface area contributed by atoms with Gasteiger partial charge in [-0.1, -0.05) is 0 Å². The van der Waals surface area contributed by atoms with Gasteiger partial charge in [-0.15, -0.1) is 0 Å². The van der Waals surface area contributed by atoms with E-state index in [1.807, 2.05) is 43.3 Å². The number of anilines is 2. The highest BCUT2D eigenvalue weighted by molar-refractivity contribution is 7.92. The molecule has 4 rings (SSSR count). The van der Waals surface area contributed by atoms with Crippen molar-refractivity contribution in [1.29, 1.82) is 0 Å². The molecule has 0 aliphatic carbocycles. The molecule has 1 saturated heterocycles. The fourth-order valence-electron chi connectivity index (χ4n) is 4.74. The number of hydrogen-bond donors (Lipinski definition) is 1. The number of imidazole rings is 1. The van der Waals surface area contributed by atoms with Crippen molar-refractivity contribution in [2.24, 2.45) is 5.92 Å². The van der Waals surface area contributed by atoms with E-state index >= 15 is 0 Å². The van der Waals surface area contributed by atoms with E-state index in [1.165, 1.54) is 6.92 Å². The number of benzene rings is 2. The number of carbonyl (C=O) groups excluding carboxylic acids is 2. The van der Waals surface area contributed by atoms with Crippen LogP contribution < -0.4 is 9.62 Å². The average molecular weight is 571 g/mol. The first-order chi connectivity index (χ1) is 19.1. The van der Waals surface area contributed by atoms with E-state index < -0.39 is 28.8 Å². The second-order valence-electron chi connectivity index (χ2n) is 10.3. The molecule has 1 aromatic heterocycles. The van der Waals surface area contributed by atoms with Crippen LogP contribution in [-0.4, -0.2) is 59.5 Å². The predicted octanol–water partition coefficient (Wildman–Crippen LogP) is 4.40. The lowest BCUT2D eigenvalue weighted by atomic mass is 9.99. The Hall–Kier alpha value is -3.12. The second-order valence-corrected chi connectivity index (χ2v) is 11.7. The van der Waals surface area contributed by atoms with Crippen LogP contribution in [0.25, 0.3) is 11.0 Å². The number of carbonyl (C=O) groups is 2. The van der Waals surface area contributed by atoms with Crippen LogP contribution in [0.15, 0.2) is 47.4 Å². The van der Waals surface area contributed by atoms with E-state index in [4.69, 9.17) is 19.2 Å². The SMILES string of the molecule is CCN(c1ccc2c(c1)nc(C(C)(C)OC)n2CC1CCOCC1)[S+]([O-])c1ccc(NC(=O)COC(C)=O)cc1. The third kappa shape index (κ3) is 6.95. The van der Waals surface area contributed by atoms with E-state index in [-0.39, 0.29) is 6.61 Å². The Kier molecular flexibility index (Phi) is 9.72. The Morgan fingerprint density at radius 2 is 1.90 bits per heavy atom. The lowest BCUT2D eigenvalue weighted by Gasteiger charge is -2.27. The van der Waals surface area contributed by atoms with Crippen molar-refractivity contribution >= 4 is 45.6 Å². The van der Waals surface area contributed by atoms with Gasteiger partial charge in [0.1, 0.15) is 22.8 Å². The van der Waals surface area contributed by atoms with Gasteiger partial charge in [0.25, 0.3) is 5.91 Å². The number of esters is 1. The van der Waals surface area contributed by atoms with Gasteiger partial charge in [0.05, 0.1) is 23.3 Å².